The van der Waals surface area contributed by atoms with Crippen molar-refractivity contribution in [2.24, 2.45) is 15.9 Å². The summed E-state index contributed by atoms with van der Waals surface area (Å²) in [5.74, 6) is -2.38. The molecular weight excluding hydrogens is 206 g/mol. The Morgan fingerprint density at radius 3 is 2.36 bits per heavy atom. The van der Waals surface area contributed by atoms with E-state index < -0.39 is 23.7 Å². The molecule has 1 aliphatic rings. The maximum absolute atomic E-state index is 10.9. The summed E-state index contributed by atoms with van der Waals surface area (Å²) in [6, 6.07) is -1.01. The van der Waals surface area contributed by atoms with E-state index in [0.717, 1.165) is 0 Å². The average Bonchev–Trinajstić information content (AvgIpc) is 1.96. The van der Waals surface area contributed by atoms with Crippen molar-refractivity contribution in [3.8, 4) is 0 Å². The fraction of sp³-hybridized carbons (Fsp3) is 0.286. The number of amides is 1. The van der Waals surface area contributed by atoms with Crippen LogP contribution in [0.5, 0.6) is 0 Å². The van der Waals surface area contributed by atoms with E-state index in [-0.39, 0.29) is 65.5 Å². The van der Waals surface area contributed by atoms with Gasteiger partial charge in [0.1, 0.15) is 0 Å². The van der Waals surface area contributed by atoms with Crippen LogP contribution < -0.4 is 69.3 Å². The Bertz CT molecular complexity index is 289. The molecule has 0 aromatic carbocycles. The molecule has 0 radical (unpaired) electrons. The molecule has 0 spiro atoms. The van der Waals surface area contributed by atoms with Crippen LogP contribution in [0.15, 0.2) is 22.6 Å². The Kier molecular flexibility index (Phi) is 9.12. The summed E-state index contributed by atoms with van der Waals surface area (Å²) in [6.07, 6.45) is 1.60. The molecule has 14 heavy (non-hydrogen) atoms. The summed E-state index contributed by atoms with van der Waals surface area (Å²) in [7, 11) is 0. The van der Waals surface area contributed by atoms with Gasteiger partial charge >= 0.3 is 59.1 Å². The smallest absolute Gasteiger partial charge is 0.861 e. The quantitative estimate of drug-likeness (QED) is 0.336. The largest absolute Gasteiger partial charge is 1.00 e. The van der Waals surface area contributed by atoms with Crippen LogP contribution >= 0.6 is 0 Å². The minimum atomic E-state index is -1.01. The molecule has 1 heterocycles. The van der Waals surface area contributed by atoms with Gasteiger partial charge in [0.15, 0.2) is 0 Å². The standard InChI is InChI=1S/C7H8N2O3.2Na/c1-2-3-4-5(10)8-7(12)9-6(4)11;;/h2,4H,1,3H2,(H2,8,9,10,11,12);;/q;2*+1/p-2. The molecule has 64 valence electrons. The van der Waals surface area contributed by atoms with Crippen LogP contribution in [0.2, 0.25) is 0 Å². The molecule has 5 nitrogen and oxygen atoms in total. The van der Waals surface area contributed by atoms with Gasteiger partial charge in [-0.1, -0.05) is 6.08 Å². The van der Waals surface area contributed by atoms with Gasteiger partial charge in [-0.2, -0.15) is 0 Å². The van der Waals surface area contributed by atoms with Gasteiger partial charge in [0.05, 0.1) is 11.9 Å². The Morgan fingerprint density at radius 2 is 1.93 bits per heavy atom. The molecule has 0 aromatic heterocycles. The second kappa shape index (κ2) is 7.62. The average molecular weight is 212 g/mol. The van der Waals surface area contributed by atoms with Crippen LogP contribution in [0.1, 0.15) is 6.42 Å². The van der Waals surface area contributed by atoms with Crippen molar-refractivity contribution in [1.82, 2.24) is 0 Å². The van der Waals surface area contributed by atoms with Gasteiger partial charge in [0.25, 0.3) is 5.91 Å². The summed E-state index contributed by atoms with van der Waals surface area (Å²) >= 11 is 0. The van der Waals surface area contributed by atoms with Crippen molar-refractivity contribution in [2.75, 3.05) is 0 Å². The Balaban J connectivity index is 0. The van der Waals surface area contributed by atoms with Gasteiger partial charge in [-0.3, -0.25) is 9.79 Å². The van der Waals surface area contributed by atoms with E-state index in [4.69, 9.17) is 0 Å². The number of allylic oxidation sites excluding steroid dienone is 1. The fourth-order valence-electron chi connectivity index (χ4n) is 0.843. The van der Waals surface area contributed by atoms with Crippen molar-refractivity contribution < 1.29 is 74.1 Å². The van der Waals surface area contributed by atoms with Crippen molar-refractivity contribution in [3.05, 3.63) is 12.7 Å². The second-order valence-electron chi connectivity index (χ2n) is 2.26. The first-order valence-corrected chi connectivity index (χ1v) is 3.31. The zero-order chi connectivity index (χ0) is 9.14. The molecule has 7 heteroatoms. The third-order valence-electron chi connectivity index (χ3n) is 1.41. The number of hydrogen-bond donors (Lipinski definition) is 0. The van der Waals surface area contributed by atoms with E-state index in [1.54, 1.807) is 0 Å². The molecule has 1 unspecified atom stereocenters. The van der Waals surface area contributed by atoms with Crippen LogP contribution in [-0.2, 0) is 4.79 Å². The molecule has 0 saturated carbocycles. The number of aliphatic imine (C=N–C) groups is 2. The van der Waals surface area contributed by atoms with Crippen LogP contribution in [0.4, 0.5) is 0 Å². The number of hydrogen-bond acceptors (Lipinski definition) is 4. The molecular formula is C7H6N2Na2O3. The minimum Gasteiger partial charge on any atom is -0.861 e. The zero-order valence-corrected chi connectivity index (χ0v) is 12.2. The normalized spacial score (nSPS) is 19.7. The molecule has 0 fully saturated rings. The van der Waals surface area contributed by atoms with E-state index in [2.05, 4.69) is 16.6 Å². The number of amidine groups is 1. The summed E-state index contributed by atoms with van der Waals surface area (Å²) in [5.41, 5.74) is 0. The van der Waals surface area contributed by atoms with Gasteiger partial charge in [-0.15, -0.1) is 6.58 Å². The molecule has 1 atom stereocenters. The van der Waals surface area contributed by atoms with Crippen molar-refractivity contribution in [1.29, 1.82) is 0 Å². The first-order valence-electron chi connectivity index (χ1n) is 3.31. The number of nitrogens with zero attached hydrogens (tertiary/aromatic N) is 2. The van der Waals surface area contributed by atoms with Crippen molar-refractivity contribution in [3.63, 3.8) is 0 Å². The fourth-order valence-corrected chi connectivity index (χ4v) is 0.843. The molecule has 0 bridgehead atoms. The Labute approximate surface area is 126 Å². The predicted octanol–water partition coefficient (Wildman–Crippen LogP) is -7.80. The predicted molar refractivity (Wildman–Crippen MR) is 38.2 cm³/mol. The molecule has 1 aliphatic heterocycles. The number of rotatable bonds is 2. The Morgan fingerprint density at radius 1 is 1.36 bits per heavy atom. The van der Waals surface area contributed by atoms with Crippen LogP contribution in [0.25, 0.3) is 0 Å². The third kappa shape index (κ3) is 4.25. The molecule has 1 rings (SSSR count). The third-order valence-corrected chi connectivity index (χ3v) is 1.41. The van der Waals surface area contributed by atoms with Gasteiger partial charge in [0, 0.05) is 0 Å². The molecule has 1 amide bonds. The monoisotopic (exact) mass is 212 g/mol. The van der Waals surface area contributed by atoms with Crippen LogP contribution in [-0.4, -0.2) is 17.8 Å². The molecule has 0 N–H and O–H groups in total. The van der Waals surface area contributed by atoms with Gasteiger partial charge < -0.3 is 10.2 Å². The maximum Gasteiger partial charge on any atom is 1.00 e. The van der Waals surface area contributed by atoms with Crippen molar-refractivity contribution in [2.45, 2.75) is 6.42 Å². The topological polar surface area (TPSA) is 87.9 Å². The summed E-state index contributed by atoms with van der Waals surface area (Å²) < 4.78 is 0. The SMILES string of the molecule is C=CCC1C(=O)N=C([O-])N=C1[O-].[Na+].[Na+]. The van der Waals surface area contributed by atoms with Crippen molar-refractivity contribution >= 4 is 17.8 Å². The molecule has 0 saturated heterocycles. The first-order chi connectivity index (χ1) is 5.65. The summed E-state index contributed by atoms with van der Waals surface area (Å²) in [4.78, 5) is 16.9. The summed E-state index contributed by atoms with van der Waals surface area (Å²) in [5, 5.41) is 21.3. The van der Waals surface area contributed by atoms with Gasteiger partial charge in [0.2, 0.25) is 0 Å². The maximum atomic E-state index is 10.9. The van der Waals surface area contributed by atoms with E-state index in [9.17, 15) is 15.0 Å². The number of carbonyl (C=O) groups excluding carboxylic acids is 1. The minimum absolute atomic E-state index is 0. The molecule has 0 aliphatic carbocycles. The summed E-state index contributed by atoms with van der Waals surface area (Å²) in [6.45, 7) is 3.37. The van der Waals surface area contributed by atoms with Gasteiger partial charge in [-0.25, -0.2) is 4.99 Å². The first kappa shape index (κ1) is 16.8. The van der Waals surface area contributed by atoms with E-state index in [1.807, 2.05) is 0 Å². The Hall–Kier alpha value is 0.350. The second-order valence-corrected chi connectivity index (χ2v) is 2.26. The van der Waals surface area contributed by atoms with Crippen LogP contribution in [0, 0.1) is 5.92 Å². The number of carbonyl (C=O) groups is 1. The van der Waals surface area contributed by atoms with Crippen LogP contribution in [0.3, 0.4) is 0 Å². The molecule has 0 aromatic rings. The zero-order valence-electron chi connectivity index (χ0n) is 8.19. The van der Waals surface area contributed by atoms with E-state index in [1.165, 1.54) is 6.08 Å². The van der Waals surface area contributed by atoms with E-state index in [0.29, 0.717) is 0 Å². The van der Waals surface area contributed by atoms with Gasteiger partial charge in [-0.05, 0) is 12.3 Å². The van der Waals surface area contributed by atoms with E-state index >= 15 is 0 Å².